The van der Waals surface area contributed by atoms with E-state index >= 15 is 0 Å². The maximum Gasteiger partial charge on any atom is 0.295 e. The van der Waals surface area contributed by atoms with Crippen molar-refractivity contribution in [2.75, 3.05) is 5.32 Å². The molecule has 0 unspecified atom stereocenters. The Labute approximate surface area is 135 Å². The second kappa shape index (κ2) is 5.96. The topological polar surface area (TPSA) is 57.8 Å². The van der Waals surface area contributed by atoms with Gasteiger partial charge in [0, 0.05) is 16.3 Å². The number of hydrogen-bond acceptors (Lipinski definition) is 2. The molecule has 0 atom stereocenters. The van der Waals surface area contributed by atoms with Crippen molar-refractivity contribution in [3.05, 3.63) is 58.4 Å². The standard InChI is InChI=1S/C16H12ClF2N3O/c1-8-2-4-10(7-11(8)17)20-16(23)9-3-5-12-13(6-9)22-15(21-12)14(18)19/h2-7,14H,1H3,(H,20,23)(H,21,22). The van der Waals surface area contributed by atoms with Gasteiger partial charge in [0.1, 0.15) is 0 Å². The Bertz CT molecular complexity index is 892. The quantitative estimate of drug-likeness (QED) is 0.728. The Morgan fingerprint density at radius 3 is 2.74 bits per heavy atom. The van der Waals surface area contributed by atoms with Crippen molar-refractivity contribution >= 4 is 34.2 Å². The van der Waals surface area contributed by atoms with Crippen LogP contribution in [-0.2, 0) is 0 Å². The van der Waals surface area contributed by atoms with Crippen LogP contribution in [0.1, 0.15) is 28.2 Å². The van der Waals surface area contributed by atoms with E-state index in [0.717, 1.165) is 5.56 Å². The number of carbonyl (C=O) groups excluding carboxylic acids is 1. The minimum atomic E-state index is -2.69. The highest BCUT2D eigenvalue weighted by Gasteiger charge is 2.14. The fourth-order valence-corrected chi connectivity index (χ4v) is 2.33. The van der Waals surface area contributed by atoms with Crippen molar-refractivity contribution in [1.29, 1.82) is 0 Å². The van der Waals surface area contributed by atoms with Crippen molar-refractivity contribution in [3.63, 3.8) is 0 Å². The first kappa shape index (κ1) is 15.4. The average Bonchev–Trinajstić information content (AvgIpc) is 2.94. The van der Waals surface area contributed by atoms with Crippen LogP contribution in [0.15, 0.2) is 36.4 Å². The third-order valence-corrected chi connectivity index (χ3v) is 3.81. The van der Waals surface area contributed by atoms with Crippen LogP contribution < -0.4 is 5.32 Å². The zero-order chi connectivity index (χ0) is 16.6. The molecule has 3 aromatic rings. The molecule has 118 valence electrons. The molecule has 0 saturated heterocycles. The minimum Gasteiger partial charge on any atom is -0.337 e. The number of alkyl halides is 2. The Morgan fingerprint density at radius 2 is 2.04 bits per heavy atom. The number of carbonyl (C=O) groups is 1. The van der Waals surface area contributed by atoms with Crippen LogP contribution in [0.25, 0.3) is 11.0 Å². The molecular formula is C16H12ClF2N3O. The molecule has 0 fully saturated rings. The first-order valence-corrected chi connectivity index (χ1v) is 7.17. The Hall–Kier alpha value is -2.47. The summed E-state index contributed by atoms with van der Waals surface area (Å²) in [5, 5.41) is 3.26. The molecule has 1 aromatic heterocycles. The largest absolute Gasteiger partial charge is 0.337 e. The number of halogens is 3. The number of hydrogen-bond donors (Lipinski definition) is 2. The number of imidazole rings is 1. The first-order valence-electron chi connectivity index (χ1n) is 6.79. The van der Waals surface area contributed by atoms with E-state index in [1.165, 1.54) is 18.2 Å². The summed E-state index contributed by atoms with van der Waals surface area (Å²) in [6, 6.07) is 9.73. The molecule has 7 heteroatoms. The molecule has 2 aromatic carbocycles. The molecule has 1 heterocycles. The SMILES string of the molecule is Cc1ccc(NC(=O)c2ccc3nc(C(F)F)[nH]c3c2)cc1Cl. The van der Waals surface area contributed by atoms with Gasteiger partial charge >= 0.3 is 0 Å². The molecule has 1 amide bonds. The van der Waals surface area contributed by atoms with Gasteiger partial charge in [-0.05, 0) is 42.8 Å². The van der Waals surface area contributed by atoms with Crippen LogP contribution in [0.5, 0.6) is 0 Å². The van der Waals surface area contributed by atoms with Gasteiger partial charge in [-0.1, -0.05) is 17.7 Å². The highest BCUT2D eigenvalue weighted by atomic mass is 35.5. The van der Waals surface area contributed by atoms with E-state index in [1.54, 1.807) is 18.2 Å². The molecule has 3 rings (SSSR count). The lowest BCUT2D eigenvalue weighted by molar-refractivity contribution is 0.102. The summed E-state index contributed by atoms with van der Waals surface area (Å²) in [6.07, 6.45) is -2.69. The average molecular weight is 336 g/mol. The summed E-state index contributed by atoms with van der Waals surface area (Å²) < 4.78 is 25.3. The third kappa shape index (κ3) is 3.17. The maximum atomic E-state index is 12.6. The van der Waals surface area contributed by atoms with Crippen LogP contribution in [0, 0.1) is 6.92 Å². The molecule has 0 aliphatic heterocycles. The zero-order valence-corrected chi connectivity index (χ0v) is 12.8. The Kier molecular flexibility index (Phi) is 4.00. The normalized spacial score (nSPS) is 11.2. The zero-order valence-electron chi connectivity index (χ0n) is 12.0. The molecule has 0 spiro atoms. The number of fused-ring (bicyclic) bond motifs is 1. The second-order valence-electron chi connectivity index (χ2n) is 5.07. The third-order valence-electron chi connectivity index (χ3n) is 3.40. The Morgan fingerprint density at radius 1 is 1.26 bits per heavy atom. The van der Waals surface area contributed by atoms with Gasteiger partial charge < -0.3 is 10.3 Å². The number of nitrogens with zero attached hydrogens (tertiary/aromatic N) is 1. The van der Waals surface area contributed by atoms with Gasteiger partial charge in [0.25, 0.3) is 12.3 Å². The first-order chi connectivity index (χ1) is 10.9. The molecule has 23 heavy (non-hydrogen) atoms. The number of H-pyrrole nitrogens is 1. The molecule has 4 nitrogen and oxygen atoms in total. The van der Waals surface area contributed by atoms with E-state index in [-0.39, 0.29) is 5.91 Å². The molecule has 0 radical (unpaired) electrons. The lowest BCUT2D eigenvalue weighted by atomic mass is 10.1. The van der Waals surface area contributed by atoms with E-state index < -0.39 is 12.2 Å². The predicted molar refractivity (Wildman–Crippen MR) is 85.2 cm³/mol. The number of aryl methyl sites for hydroxylation is 1. The van der Waals surface area contributed by atoms with Crippen molar-refractivity contribution in [2.24, 2.45) is 0 Å². The van der Waals surface area contributed by atoms with Crippen molar-refractivity contribution < 1.29 is 13.6 Å². The maximum absolute atomic E-state index is 12.6. The van der Waals surface area contributed by atoms with E-state index in [1.807, 2.05) is 6.92 Å². The highest BCUT2D eigenvalue weighted by molar-refractivity contribution is 6.31. The van der Waals surface area contributed by atoms with Gasteiger partial charge in [-0.15, -0.1) is 0 Å². The second-order valence-corrected chi connectivity index (χ2v) is 5.48. The molecule has 2 N–H and O–H groups in total. The lowest BCUT2D eigenvalue weighted by Crippen LogP contribution is -2.11. The van der Waals surface area contributed by atoms with Crippen LogP contribution in [0.2, 0.25) is 5.02 Å². The van der Waals surface area contributed by atoms with Crippen molar-refractivity contribution in [1.82, 2.24) is 9.97 Å². The molecule has 0 saturated carbocycles. The number of benzene rings is 2. The molecule has 0 aliphatic carbocycles. The fraction of sp³-hybridized carbons (Fsp3) is 0.125. The van der Waals surface area contributed by atoms with Gasteiger partial charge in [0.05, 0.1) is 11.0 Å². The van der Waals surface area contributed by atoms with E-state index in [0.29, 0.717) is 27.3 Å². The number of rotatable bonds is 3. The van der Waals surface area contributed by atoms with Gasteiger partial charge in [-0.2, -0.15) is 0 Å². The number of anilines is 1. The predicted octanol–water partition coefficient (Wildman–Crippen LogP) is 4.71. The monoisotopic (exact) mass is 335 g/mol. The number of aromatic nitrogens is 2. The molecule has 0 bridgehead atoms. The van der Waals surface area contributed by atoms with Gasteiger partial charge in [0.15, 0.2) is 5.82 Å². The van der Waals surface area contributed by atoms with E-state index in [4.69, 9.17) is 11.6 Å². The lowest BCUT2D eigenvalue weighted by Gasteiger charge is -2.07. The van der Waals surface area contributed by atoms with Crippen LogP contribution in [0.3, 0.4) is 0 Å². The summed E-state index contributed by atoms with van der Waals surface area (Å²) in [4.78, 5) is 18.5. The van der Waals surface area contributed by atoms with Crippen LogP contribution >= 0.6 is 11.6 Å². The van der Waals surface area contributed by atoms with Crippen molar-refractivity contribution in [3.8, 4) is 0 Å². The van der Waals surface area contributed by atoms with Gasteiger partial charge in [-0.3, -0.25) is 4.79 Å². The van der Waals surface area contributed by atoms with Crippen LogP contribution in [-0.4, -0.2) is 15.9 Å². The molecule has 0 aliphatic rings. The summed E-state index contributed by atoms with van der Waals surface area (Å²) in [6.45, 7) is 1.86. The summed E-state index contributed by atoms with van der Waals surface area (Å²) in [5.74, 6) is -0.775. The van der Waals surface area contributed by atoms with E-state index in [9.17, 15) is 13.6 Å². The Balaban J connectivity index is 1.86. The minimum absolute atomic E-state index is 0.332. The van der Waals surface area contributed by atoms with Crippen molar-refractivity contribution in [2.45, 2.75) is 13.3 Å². The smallest absolute Gasteiger partial charge is 0.295 e. The number of amides is 1. The van der Waals surface area contributed by atoms with Gasteiger partial charge in [-0.25, -0.2) is 13.8 Å². The number of nitrogens with one attached hydrogen (secondary N) is 2. The summed E-state index contributed by atoms with van der Waals surface area (Å²) in [7, 11) is 0. The highest BCUT2D eigenvalue weighted by Crippen LogP contribution is 2.22. The van der Waals surface area contributed by atoms with Gasteiger partial charge in [0.2, 0.25) is 0 Å². The summed E-state index contributed by atoms with van der Waals surface area (Å²) in [5.41, 5.74) is 2.57. The van der Waals surface area contributed by atoms with E-state index in [2.05, 4.69) is 15.3 Å². The molecular weight excluding hydrogens is 324 g/mol. The van der Waals surface area contributed by atoms with Crippen LogP contribution in [0.4, 0.5) is 14.5 Å². The fourth-order valence-electron chi connectivity index (χ4n) is 2.15. The summed E-state index contributed by atoms with van der Waals surface area (Å²) >= 11 is 6.02. The number of aromatic amines is 1.